The zero-order chi connectivity index (χ0) is 55.0. The van der Waals surface area contributed by atoms with Crippen LogP contribution >= 0.6 is 0 Å². The lowest BCUT2D eigenvalue weighted by Crippen LogP contribution is -2.30. The van der Waals surface area contributed by atoms with Gasteiger partial charge in [0.2, 0.25) is 0 Å². The zero-order valence-corrected chi connectivity index (χ0v) is 49.0. The average Bonchev–Trinajstić information content (AvgIpc) is 3.42. The normalized spacial score (nSPS) is 13.1. The molecule has 0 aliphatic rings. The van der Waals surface area contributed by atoms with Crippen LogP contribution in [0.4, 0.5) is 0 Å². The highest BCUT2D eigenvalue weighted by Gasteiger charge is 2.19. The largest absolute Gasteiger partial charge is 0.462 e. The summed E-state index contributed by atoms with van der Waals surface area (Å²) in [6.07, 6.45) is 90.0. The molecular formula is C70H112O6. The Labute approximate surface area is 467 Å². The first-order chi connectivity index (χ1) is 37.5. The topological polar surface area (TPSA) is 78.9 Å². The van der Waals surface area contributed by atoms with Crippen LogP contribution in [-0.4, -0.2) is 37.2 Å². The molecule has 0 heterocycles. The van der Waals surface area contributed by atoms with Crippen LogP contribution in [0.5, 0.6) is 0 Å². The molecule has 0 fully saturated rings. The molecule has 1 unspecified atom stereocenters. The Balaban J connectivity index is 4.26. The maximum atomic E-state index is 12.8. The SMILES string of the molecule is CC/C=C\C/C=C\C/C=C\C/C=C\C/C=C\C/C=C\C/C=C\C/C=C\CCCCCCCCCCC(=O)OCC(COC(=O)CCCCCCC/C=C\CCCCC)OC(=O)CCCCC/C=C\C/C=C\C/C=C\CC. The van der Waals surface area contributed by atoms with Crippen molar-refractivity contribution in [2.24, 2.45) is 0 Å². The Morgan fingerprint density at radius 3 is 0.829 bits per heavy atom. The van der Waals surface area contributed by atoms with Gasteiger partial charge in [-0.05, 0) is 141 Å². The number of carbonyl (C=O) groups is 3. The minimum absolute atomic E-state index is 0.101. The fraction of sp³-hybridized carbons (Fsp3) is 0.614. The maximum absolute atomic E-state index is 12.8. The van der Waals surface area contributed by atoms with Crippen LogP contribution in [-0.2, 0) is 28.6 Å². The van der Waals surface area contributed by atoms with Crippen LogP contribution in [0.3, 0.4) is 0 Å². The van der Waals surface area contributed by atoms with E-state index in [9.17, 15) is 14.4 Å². The van der Waals surface area contributed by atoms with Gasteiger partial charge in [-0.1, -0.05) is 244 Å². The Bertz CT molecular complexity index is 1680. The second kappa shape index (κ2) is 62.8. The van der Waals surface area contributed by atoms with Crippen molar-refractivity contribution >= 4 is 17.9 Å². The first kappa shape index (κ1) is 71.3. The molecule has 0 aromatic rings. The highest BCUT2D eigenvalue weighted by Crippen LogP contribution is 2.14. The van der Waals surface area contributed by atoms with Gasteiger partial charge in [0.1, 0.15) is 13.2 Å². The fourth-order valence-electron chi connectivity index (χ4n) is 8.00. The molecular weight excluding hydrogens is 937 g/mol. The van der Waals surface area contributed by atoms with Crippen LogP contribution in [0.2, 0.25) is 0 Å². The van der Waals surface area contributed by atoms with E-state index in [1.807, 2.05) is 0 Å². The third kappa shape index (κ3) is 60.2. The summed E-state index contributed by atoms with van der Waals surface area (Å²) in [7, 11) is 0. The Kier molecular flexibility index (Phi) is 58.9. The number of carbonyl (C=O) groups excluding carboxylic acids is 3. The number of ether oxygens (including phenoxy) is 3. The zero-order valence-electron chi connectivity index (χ0n) is 49.0. The minimum atomic E-state index is -0.805. The van der Waals surface area contributed by atoms with E-state index in [-0.39, 0.29) is 37.5 Å². The third-order valence-electron chi connectivity index (χ3n) is 12.6. The van der Waals surface area contributed by atoms with Gasteiger partial charge >= 0.3 is 17.9 Å². The third-order valence-corrected chi connectivity index (χ3v) is 12.6. The monoisotopic (exact) mass is 1050 g/mol. The van der Waals surface area contributed by atoms with E-state index in [1.165, 1.54) is 64.2 Å². The van der Waals surface area contributed by atoms with Crippen molar-refractivity contribution in [3.8, 4) is 0 Å². The molecule has 0 radical (unpaired) electrons. The van der Waals surface area contributed by atoms with Crippen LogP contribution < -0.4 is 0 Å². The first-order valence-electron chi connectivity index (χ1n) is 30.8. The summed E-state index contributed by atoms with van der Waals surface area (Å²) in [5.41, 5.74) is 0. The Morgan fingerprint density at radius 1 is 0.276 bits per heavy atom. The molecule has 0 saturated heterocycles. The van der Waals surface area contributed by atoms with Crippen LogP contribution in [0, 0.1) is 0 Å². The van der Waals surface area contributed by atoms with Gasteiger partial charge in [0.25, 0.3) is 0 Å². The maximum Gasteiger partial charge on any atom is 0.306 e. The van der Waals surface area contributed by atoms with Crippen LogP contribution in [0.1, 0.15) is 258 Å². The number of unbranched alkanes of at least 4 members (excludes halogenated alkanes) is 19. The minimum Gasteiger partial charge on any atom is -0.462 e. The number of hydrogen-bond acceptors (Lipinski definition) is 6. The van der Waals surface area contributed by atoms with Gasteiger partial charge in [-0.3, -0.25) is 14.4 Å². The molecule has 76 heavy (non-hydrogen) atoms. The summed E-state index contributed by atoms with van der Waals surface area (Å²) < 4.78 is 16.8. The van der Waals surface area contributed by atoms with Gasteiger partial charge < -0.3 is 14.2 Å². The molecule has 428 valence electrons. The molecule has 0 aliphatic heterocycles. The van der Waals surface area contributed by atoms with E-state index < -0.39 is 6.10 Å². The first-order valence-corrected chi connectivity index (χ1v) is 30.8. The molecule has 0 amide bonds. The van der Waals surface area contributed by atoms with E-state index in [4.69, 9.17) is 14.2 Å². The van der Waals surface area contributed by atoms with Gasteiger partial charge in [-0.15, -0.1) is 0 Å². The van der Waals surface area contributed by atoms with Crippen molar-refractivity contribution < 1.29 is 28.6 Å². The van der Waals surface area contributed by atoms with E-state index in [0.717, 1.165) is 154 Å². The second-order valence-corrected chi connectivity index (χ2v) is 19.8. The molecule has 0 rings (SSSR count). The smallest absolute Gasteiger partial charge is 0.306 e. The molecule has 0 bridgehead atoms. The average molecular weight is 1050 g/mol. The van der Waals surface area contributed by atoms with E-state index in [0.29, 0.717) is 12.8 Å². The van der Waals surface area contributed by atoms with E-state index in [2.05, 4.69) is 167 Å². The predicted octanol–water partition coefficient (Wildman–Crippen LogP) is 21.2. The van der Waals surface area contributed by atoms with E-state index >= 15 is 0 Å². The molecule has 0 aromatic carbocycles. The van der Waals surface area contributed by atoms with Crippen molar-refractivity contribution in [2.75, 3.05) is 13.2 Å². The van der Waals surface area contributed by atoms with Gasteiger partial charge in [0.15, 0.2) is 6.10 Å². The van der Waals surface area contributed by atoms with E-state index in [1.54, 1.807) is 0 Å². The van der Waals surface area contributed by atoms with Crippen molar-refractivity contribution in [2.45, 2.75) is 264 Å². The van der Waals surface area contributed by atoms with Crippen LogP contribution in [0.25, 0.3) is 0 Å². The van der Waals surface area contributed by atoms with Crippen molar-refractivity contribution in [1.82, 2.24) is 0 Å². The quantitative estimate of drug-likeness (QED) is 0.0261. The van der Waals surface area contributed by atoms with Crippen molar-refractivity contribution in [1.29, 1.82) is 0 Å². The summed E-state index contributed by atoms with van der Waals surface area (Å²) >= 11 is 0. The highest BCUT2D eigenvalue weighted by molar-refractivity contribution is 5.71. The second-order valence-electron chi connectivity index (χ2n) is 19.8. The number of hydrogen-bond donors (Lipinski definition) is 0. The summed E-state index contributed by atoms with van der Waals surface area (Å²) in [5, 5.41) is 0. The summed E-state index contributed by atoms with van der Waals surface area (Å²) in [5.74, 6) is -0.952. The lowest BCUT2D eigenvalue weighted by molar-refractivity contribution is -0.167. The Morgan fingerprint density at radius 2 is 0.513 bits per heavy atom. The standard InChI is InChI=1S/C70H112O6/c1-4-7-10-13-16-19-22-25-26-27-28-29-30-31-32-33-34-35-36-37-38-39-40-41-42-43-44-46-48-51-54-57-60-63-69(72)75-66-67(65-74-68(71)62-59-56-53-50-47-24-21-18-15-12-9-6-3)76-70(73)64-61-58-55-52-49-45-23-20-17-14-11-8-5-2/h7-8,10-11,16-21,25-26,28-29,31-32,34-35,37-38,40-41,45,49,67H,4-6,9,12-15,22-24,27,30,33,36,39,42-44,46-48,50-66H2,1-3H3/b10-7-,11-8-,19-16-,20-17-,21-18-,26-25-,29-28-,32-31-,35-34-,38-37-,41-40-,49-45-. The molecule has 1 atom stereocenters. The van der Waals surface area contributed by atoms with Gasteiger partial charge in [-0.2, -0.15) is 0 Å². The number of rotatable bonds is 54. The predicted molar refractivity (Wildman–Crippen MR) is 329 cm³/mol. The number of allylic oxidation sites excluding steroid dienone is 24. The lowest BCUT2D eigenvalue weighted by atomic mass is 10.1. The molecule has 0 saturated carbocycles. The van der Waals surface area contributed by atoms with Gasteiger partial charge in [-0.25, -0.2) is 0 Å². The van der Waals surface area contributed by atoms with Gasteiger partial charge in [0, 0.05) is 19.3 Å². The summed E-state index contributed by atoms with van der Waals surface area (Å²) in [6, 6.07) is 0. The van der Waals surface area contributed by atoms with Crippen molar-refractivity contribution in [3.63, 3.8) is 0 Å². The van der Waals surface area contributed by atoms with Gasteiger partial charge in [0.05, 0.1) is 0 Å². The molecule has 0 aliphatic carbocycles. The summed E-state index contributed by atoms with van der Waals surface area (Å²) in [6.45, 7) is 6.34. The molecule has 6 heteroatoms. The molecule has 0 aromatic heterocycles. The number of esters is 3. The fourth-order valence-corrected chi connectivity index (χ4v) is 8.00. The Hall–Kier alpha value is -4.71. The molecule has 0 spiro atoms. The van der Waals surface area contributed by atoms with Crippen molar-refractivity contribution in [3.05, 3.63) is 146 Å². The molecule has 0 N–H and O–H groups in total. The van der Waals surface area contributed by atoms with Crippen LogP contribution in [0.15, 0.2) is 146 Å². The lowest BCUT2D eigenvalue weighted by Gasteiger charge is -2.18. The summed E-state index contributed by atoms with van der Waals surface area (Å²) in [4.78, 5) is 38.1. The highest BCUT2D eigenvalue weighted by atomic mass is 16.6. The molecule has 6 nitrogen and oxygen atoms in total.